The summed E-state index contributed by atoms with van der Waals surface area (Å²) in [7, 11) is 0. The molecule has 4 rings (SSSR count). The van der Waals surface area contributed by atoms with Crippen molar-refractivity contribution in [1.29, 1.82) is 0 Å². The molecule has 2 aliphatic rings. The van der Waals surface area contributed by atoms with Crippen molar-refractivity contribution >= 4 is 29.3 Å². The molecule has 1 fully saturated rings. The monoisotopic (exact) mass is 452 g/mol. The maximum atomic E-state index is 14.2. The van der Waals surface area contributed by atoms with Gasteiger partial charge >= 0.3 is 0 Å². The van der Waals surface area contributed by atoms with E-state index >= 15 is 0 Å². The third-order valence-corrected chi connectivity index (χ3v) is 7.47. The van der Waals surface area contributed by atoms with Crippen LogP contribution in [0.2, 0.25) is 0 Å². The number of thioether (sulfide) groups is 1. The predicted octanol–water partition coefficient (Wildman–Crippen LogP) is 5.53. The van der Waals surface area contributed by atoms with Crippen LogP contribution in [0.3, 0.4) is 0 Å². The molecule has 1 saturated carbocycles. The summed E-state index contributed by atoms with van der Waals surface area (Å²) in [5, 5.41) is 3.12. The average molecular weight is 453 g/mol. The van der Waals surface area contributed by atoms with Gasteiger partial charge in [0.1, 0.15) is 11.9 Å². The second kappa shape index (κ2) is 9.90. The highest BCUT2D eigenvalue weighted by atomic mass is 32.2. The number of nitrogens with zero attached hydrogens (tertiary/aromatic N) is 1. The lowest BCUT2D eigenvalue weighted by atomic mass is 9.91. The van der Waals surface area contributed by atoms with E-state index in [-0.39, 0.29) is 24.3 Å². The van der Waals surface area contributed by atoms with Gasteiger partial charge in [0.25, 0.3) is 0 Å². The Morgan fingerprint density at radius 2 is 1.97 bits per heavy atom. The van der Waals surface area contributed by atoms with Crippen molar-refractivity contribution in [2.24, 2.45) is 5.92 Å². The van der Waals surface area contributed by atoms with Crippen molar-refractivity contribution in [2.75, 3.05) is 10.7 Å². The smallest absolute Gasteiger partial charge is 0.248 e. The highest BCUT2D eigenvalue weighted by molar-refractivity contribution is 8.03. The van der Waals surface area contributed by atoms with E-state index in [1.165, 1.54) is 17.0 Å². The molecule has 168 valence electrons. The maximum Gasteiger partial charge on any atom is 0.248 e. The van der Waals surface area contributed by atoms with Crippen molar-refractivity contribution in [3.05, 3.63) is 76.5 Å². The third-order valence-electron chi connectivity index (χ3n) is 6.12. The van der Waals surface area contributed by atoms with Crippen LogP contribution >= 0.6 is 11.8 Å². The Hall–Kier alpha value is -2.60. The normalized spacial score (nSPS) is 19.1. The molecular formula is C26H29FN2O2S. The Kier molecular flexibility index (Phi) is 6.99. The minimum Gasteiger partial charge on any atom is -0.351 e. The van der Waals surface area contributed by atoms with Crippen molar-refractivity contribution < 1.29 is 14.0 Å². The lowest BCUT2D eigenvalue weighted by molar-refractivity contribution is -0.127. The Morgan fingerprint density at radius 3 is 2.59 bits per heavy atom. The summed E-state index contributed by atoms with van der Waals surface area (Å²) < 4.78 is 14.2. The minimum atomic E-state index is -0.865. The van der Waals surface area contributed by atoms with Crippen LogP contribution in [0, 0.1) is 18.7 Å². The summed E-state index contributed by atoms with van der Waals surface area (Å²) in [6, 6.07) is 12.8. The van der Waals surface area contributed by atoms with Gasteiger partial charge in [0.2, 0.25) is 11.8 Å². The second-order valence-electron chi connectivity index (χ2n) is 8.74. The fourth-order valence-electron chi connectivity index (χ4n) is 4.18. The molecule has 2 atom stereocenters. The van der Waals surface area contributed by atoms with Crippen LogP contribution in [-0.4, -0.2) is 23.6 Å². The van der Waals surface area contributed by atoms with Gasteiger partial charge in [0.05, 0.1) is 6.42 Å². The number of anilines is 1. The van der Waals surface area contributed by atoms with Gasteiger partial charge in [-0.05, 0) is 66.3 Å². The standard InChI is InChI=1S/C26H29FN2O2S/c1-17-13-22(32-16-17)15-24(30)29(21-11-5-8-19(27)14-21)25(23-12-4-3-7-18(23)2)26(31)28-20-9-6-10-20/h3-5,7-8,11-14,17,20,25H,6,9-10,15-16H2,1-2H3,(H,28,31). The van der Waals surface area contributed by atoms with E-state index in [2.05, 4.69) is 18.3 Å². The molecule has 1 heterocycles. The lowest BCUT2D eigenvalue weighted by Gasteiger charge is -2.35. The lowest BCUT2D eigenvalue weighted by Crippen LogP contribution is -2.48. The molecule has 2 amide bonds. The average Bonchev–Trinajstić information content (AvgIpc) is 3.13. The molecule has 32 heavy (non-hydrogen) atoms. The highest BCUT2D eigenvalue weighted by Gasteiger charge is 2.36. The minimum absolute atomic E-state index is 0.132. The molecule has 4 nitrogen and oxygen atoms in total. The number of hydrogen-bond acceptors (Lipinski definition) is 3. The Labute approximate surface area is 193 Å². The quantitative estimate of drug-likeness (QED) is 0.601. The topological polar surface area (TPSA) is 49.4 Å². The zero-order chi connectivity index (χ0) is 22.7. The number of allylic oxidation sites excluding steroid dienone is 1. The van der Waals surface area contributed by atoms with Gasteiger partial charge in [-0.25, -0.2) is 4.39 Å². The fraction of sp³-hybridized carbons (Fsp3) is 0.385. The van der Waals surface area contributed by atoms with Crippen LogP contribution in [0.5, 0.6) is 0 Å². The van der Waals surface area contributed by atoms with Gasteiger partial charge in [-0.2, -0.15) is 0 Å². The summed E-state index contributed by atoms with van der Waals surface area (Å²) in [6.45, 7) is 4.06. The number of benzene rings is 2. The van der Waals surface area contributed by atoms with Crippen LogP contribution in [0.4, 0.5) is 10.1 Å². The second-order valence-corrected chi connectivity index (χ2v) is 9.88. The van der Waals surface area contributed by atoms with E-state index in [0.717, 1.165) is 41.0 Å². The Morgan fingerprint density at radius 1 is 1.19 bits per heavy atom. The molecule has 2 aromatic carbocycles. The van der Waals surface area contributed by atoms with Crippen molar-refractivity contribution in [2.45, 2.75) is 51.6 Å². The molecule has 1 aliphatic heterocycles. The molecule has 1 N–H and O–H groups in total. The zero-order valence-electron chi connectivity index (χ0n) is 18.5. The van der Waals surface area contributed by atoms with E-state index in [1.807, 2.05) is 31.2 Å². The summed E-state index contributed by atoms with van der Waals surface area (Å²) >= 11 is 1.68. The fourth-order valence-corrected chi connectivity index (χ4v) is 5.31. The molecule has 1 aliphatic carbocycles. The van der Waals surface area contributed by atoms with Gasteiger partial charge in [0, 0.05) is 17.5 Å². The van der Waals surface area contributed by atoms with Crippen LogP contribution in [0.25, 0.3) is 0 Å². The Balaban J connectivity index is 1.76. The first kappa shape index (κ1) is 22.6. The number of hydrogen-bond donors (Lipinski definition) is 1. The number of nitrogens with one attached hydrogen (secondary N) is 1. The van der Waals surface area contributed by atoms with Crippen LogP contribution < -0.4 is 10.2 Å². The number of carbonyl (C=O) groups excluding carboxylic acids is 2. The van der Waals surface area contributed by atoms with Crippen molar-refractivity contribution in [3.63, 3.8) is 0 Å². The molecule has 2 unspecified atom stereocenters. The van der Waals surface area contributed by atoms with E-state index in [0.29, 0.717) is 11.6 Å². The SMILES string of the molecule is Cc1ccccc1C(C(=O)NC1CCC1)N(C(=O)CC1=CC(C)CS1)c1cccc(F)c1. The van der Waals surface area contributed by atoms with Crippen LogP contribution in [0.15, 0.2) is 59.5 Å². The van der Waals surface area contributed by atoms with Gasteiger partial charge in [-0.3, -0.25) is 14.5 Å². The number of rotatable bonds is 7. The van der Waals surface area contributed by atoms with Gasteiger partial charge in [-0.1, -0.05) is 43.3 Å². The highest BCUT2D eigenvalue weighted by Crippen LogP contribution is 2.36. The van der Waals surface area contributed by atoms with Crippen molar-refractivity contribution in [3.8, 4) is 0 Å². The number of aryl methyl sites for hydroxylation is 1. The van der Waals surface area contributed by atoms with Crippen LogP contribution in [0.1, 0.15) is 49.8 Å². The predicted molar refractivity (Wildman–Crippen MR) is 128 cm³/mol. The van der Waals surface area contributed by atoms with E-state index in [4.69, 9.17) is 0 Å². The van der Waals surface area contributed by atoms with Gasteiger partial charge in [0.15, 0.2) is 0 Å². The largest absolute Gasteiger partial charge is 0.351 e. The first-order valence-corrected chi connectivity index (χ1v) is 12.2. The first-order chi connectivity index (χ1) is 15.4. The molecule has 2 aromatic rings. The van der Waals surface area contributed by atoms with E-state index in [1.54, 1.807) is 23.9 Å². The third kappa shape index (κ3) is 5.07. The molecule has 0 aromatic heterocycles. The van der Waals surface area contributed by atoms with Crippen LogP contribution in [-0.2, 0) is 9.59 Å². The zero-order valence-corrected chi connectivity index (χ0v) is 19.3. The van der Waals surface area contributed by atoms with E-state index in [9.17, 15) is 14.0 Å². The summed E-state index contributed by atoms with van der Waals surface area (Å²) in [5.74, 6) is 0.501. The number of carbonyl (C=O) groups is 2. The molecule has 0 bridgehead atoms. The molecule has 6 heteroatoms. The molecule has 0 spiro atoms. The Bertz CT molecular complexity index is 1030. The number of halogens is 1. The molecule has 0 saturated heterocycles. The summed E-state index contributed by atoms with van der Waals surface area (Å²) in [5.41, 5.74) is 2.06. The first-order valence-electron chi connectivity index (χ1n) is 11.2. The van der Waals surface area contributed by atoms with Crippen molar-refractivity contribution in [1.82, 2.24) is 5.32 Å². The van der Waals surface area contributed by atoms with Gasteiger partial charge < -0.3 is 5.32 Å². The molecular weight excluding hydrogens is 423 g/mol. The summed E-state index contributed by atoms with van der Waals surface area (Å²) in [6.07, 6.45) is 5.30. The molecule has 0 radical (unpaired) electrons. The summed E-state index contributed by atoms with van der Waals surface area (Å²) in [4.78, 5) is 29.8. The number of amides is 2. The maximum absolute atomic E-state index is 14.2. The van der Waals surface area contributed by atoms with Gasteiger partial charge in [-0.15, -0.1) is 11.8 Å². The van der Waals surface area contributed by atoms with E-state index < -0.39 is 11.9 Å².